The van der Waals surface area contributed by atoms with Gasteiger partial charge in [-0.2, -0.15) is 0 Å². The molecule has 5 heteroatoms. The molecule has 0 radical (unpaired) electrons. The van der Waals surface area contributed by atoms with Crippen LogP contribution >= 0.6 is 0 Å². The molecule has 0 heterocycles. The van der Waals surface area contributed by atoms with Crippen molar-refractivity contribution in [2.45, 2.75) is 284 Å². The van der Waals surface area contributed by atoms with E-state index in [9.17, 15) is 9.59 Å². The van der Waals surface area contributed by atoms with Gasteiger partial charge in [-0.3, -0.25) is 9.59 Å². The van der Waals surface area contributed by atoms with E-state index >= 15 is 0 Å². The molecule has 0 N–H and O–H groups in total. The number of hydrogen-bond acceptors (Lipinski definition) is 5. The third-order valence-corrected chi connectivity index (χ3v) is 12.8. The highest BCUT2D eigenvalue weighted by molar-refractivity contribution is 5.70. The Hall–Kier alpha value is -3.44. The zero-order valence-corrected chi connectivity index (χ0v) is 47.4. The van der Waals surface area contributed by atoms with Gasteiger partial charge in [0.25, 0.3) is 0 Å². The number of esters is 2. The van der Waals surface area contributed by atoms with Crippen LogP contribution in [0.2, 0.25) is 0 Å². The Morgan fingerprint density at radius 2 is 0.625 bits per heavy atom. The van der Waals surface area contributed by atoms with Crippen LogP contribution in [-0.4, -0.2) is 37.9 Å². The van der Waals surface area contributed by atoms with Gasteiger partial charge < -0.3 is 14.2 Å². The molecule has 0 fully saturated rings. The molecule has 0 aromatic rings. The normalized spacial score (nSPS) is 13.0. The van der Waals surface area contributed by atoms with Crippen molar-refractivity contribution in [2.24, 2.45) is 0 Å². The predicted molar refractivity (Wildman–Crippen MR) is 316 cm³/mol. The SMILES string of the molecule is CC/C=C\C/C=C\C/C=C\C/C=C\C/C=C\CCCCCCOCC(COC(=O)CCCCCCCC/C=C\C/C=C\C/C=C\C/C=C\CC)OC(=O)CCCCCCCCCCCCCCCCCCC. The molecule has 0 aliphatic heterocycles. The van der Waals surface area contributed by atoms with Crippen LogP contribution < -0.4 is 0 Å². The van der Waals surface area contributed by atoms with Crippen molar-refractivity contribution in [3.63, 3.8) is 0 Å². The van der Waals surface area contributed by atoms with Crippen molar-refractivity contribution in [1.29, 1.82) is 0 Å². The standard InChI is InChI=1S/C67H114O5/c1-4-7-10-13-16-19-22-25-28-31-33-35-38-41-44-47-50-53-56-59-62-70-63-65(72-67(69)61-58-55-52-49-46-43-40-36-30-27-24-21-18-15-12-9-6-3)64-71-66(68)60-57-54-51-48-45-42-39-37-34-32-29-26-23-20-17-14-11-8-5-2/h7-8,10-11,16-17,19-20,25-26,28-29,33-35,37,41,44,65H,4-6,9,12-15,18,21-24,27,30-32,36,38-40,42-43,45-64H2,1-3H3/b10-7-,11-8-,19-16-,20-17-,28-25-,29-26-,35-33-,37-34-,44-41-. The van der Waals surface area contributed by atoms with Crippen molar-refractivity contribution in [3.8, 4) is 0 Å². The van der Waals surface area contributed by atoms with E-state index in [1.807, 2.05) is 0 Å². The van der Waals surface area contributed by atoms with E-state index in [0.29, 0.717) is 19.4 Å². The van der Waals surface area contributed by atoms with Gasteiger partial charge in [0.05, 0.1) is 6.61 Å². The Balaban J connectivity index is 4.37. The highest BCUT2D eigenvalue weighted by atomic mass is 16.6. The molecule has 0 aliphatic rings. The zero-order chi connectivity index (χ0) is 52.0. The van der Waals surface area contributed by atoms with Gasteiger partial charge in [0.15, 0.2) is 6.10 Å². The van der Waals surface area contributed by atoms with Crippen LogP contribution in [0.25, 0.3) is 0 Å². The lowest BCUT2D eigenvalue weighted by molar-refractivity contribution is -0.163. The van der Waals surface area contributed by atoms with E-state index in [1.165, 1.54) is 128 Å². The van der Waals surface area contributed by atoms with Gasteiger partial charge in [-0.25, -0.2) is 0 Å². The van der Waals surface area contributed by atoms with Crippen molar-refractivity contribution in [2.75, 3.05) is 19.8 Å². The van der Waals surface area contributed by atoms with Gasteiger partial charge in [-0.1, -0.05) is 271 Å². The summed E-state index contributed by atoms with van der Waals surface area (Å²) in [5.41, 5.74) is 0. The fraction of sp³-hybridized carbons (Fsp3) is 0.701. The number of hydrogen-bond donors (Lipinski definition) is 0. The van der Waals surface area contributed by atoms with Crippen molar-refractivity contribution in [1.82, 2.24) is 0 Å². The van der Waals surface area contributed by atoms with Gasteiger partial charge in [0.2, 0.25) is 0 Å². The Labute approximate surface area is 446 Å². The molecule has 0 bridgehead atoms. The Kier molecular flexibility index (Phi) is 58.9. The van der Waals surface area contributed by atoms with Crippen LogP contribution in [-0.2, 0) is 23.8 Å². The average Bonchev–Trinajstić information content (AvgIpc) is 3.38. The number of unbranched alkanes of at least 4 members (excludes halogenated alkanes) is 26. The third-order valence-electron chi connectivity index (χ3n) is 12.8. The summed E-state index contributed by atoms with van der Waals surface area (Å²) in [7, 11) is 0. The maximum atomic E-state index is 12.9. The molecule has 0 saturated heterocycles. The van der Waals surface area contributed by atoms with E-state index in [2.05, 4.69) is 130 Å². The number of allylic oxidation sites excluding steroid dienone is 18. The first kappa shape index (κ1) is 68.6. The van der Waals surface area contributed by atoms with Crippen molar-refractivity contribution < 1.29 is 23.8 Å². The summed E-state index contributed by atoms with van der Waals surface area (Å²) in [5.74, 6) is -0.422. The molecular weight excluding hydrogens is 885 g/mol. The van der Waals surface area contributed by atoms with Gasteiger partial charge in [-0.05, 0) is 103 Å². The molecule has 0 aliphatic carbocycles. The highest BCUT2D eigenvalue weighted by Gasteiger charge is 2.17. The Morgan fingerprint density at radius 3 is 1.00 bits per heavy atom. The van der Waals surface area contributed by atoms with E-state index in [0.717, 1.165) is 116 Å². The fourth-order valence-electron chi connectivity index (χ4n) is 8.35. The predicted octanol–water partition coefficient (Wildman–Crippen LogP) is 21.1. The van der Waals surface area contributed by atoms with Crippen LogP contribution in [0.3, 0.4) is 0 Å². The summed E-state index contributed by atoms with van der Waals surface area (Å²) in [4.78, 5) is 25.6. The highest BCUT2D eigenvalue weighted by Crippen LogP contribution is 2.16. The largest absolute Gasteiger partial charge is 0.462 e. The molecule has 1 atom stereocenters. The molecule has 412 valence electrons. The first-order valence-electron chi connectivity index (χ1n) is 30.4. The number of carbonyl (C=O) groups excluding carboxylic acids is 2. The molecule has 0 aromatic heterocycles. The van der Waals surface area contributed by atoms with E-state index < -0.39 is 6.10 Å². The second-order valence-electron chi connectivity index (χ2n) is 19.8. The molecule has 0 spiro atoms. The maximum absolute atomic E-state index is 12.9. The Bertz CT molecular complexity index is 1410. The van der Waals surface area contributed by atoms with Gasteiger partial charge in [0.1, 0.15) is 6.61 Å². The topological polar surface area (TPSA) is 61.8 Å². The van der Waals surface area contributed by atoms with Crippen molar-refractivity contribution in [3.05, 3.63) is 109 Å². The van der Waals surface area contributed by atoms with Crippen LogP contribution in [0.4, 0.5) is 0 Å². The van der Waals surface area contributed by atoms with Crippen LogP contribution in [0.1, 0.15) is 278 Å². The van der Waals surface area contributed by atoms with Crippen LogP contribution in [0, 0.1) is 0 Å². The van der Waals surface area contributed by atoms with E-state index in [4.69, 9.17) is 14.2 Å². The minimum absolute atomic E-state index is 0.0637. The minimum atomic E-state index is -0.562. The summed E-state index contributed by atoms with van der Waals surface area (Å²) in [5, 5.41) is 0. The number of ether oxygens (including phenoxy) is 3. The van der Waals surface area contributed by atoms with E-state index in [-0.39, 0.29) is 25.2 Å². The van der Waals surface area contributed by atoms with Gasteiger partial charge in [0, 0.05) is 19.4 Å². The summed E-state index contributed by atoms with van der Waals surface area (Å²) in [6.45, 7) is 7.56. The lowest BCUT2D eigenvalue weighted by atomic mass is 10.0. The molecule has 5 nitrogen and oxygen atoms in total. The van der Waals surface area contributed by atoms with Crippen LogP contribution in [0.5, 0.6) is 0 Å². The fourth-order valence-corrected chi connectivity index (χ4v) is 8.35. The van der Waals surface area contributed by atoms with Gasteiger partial charge in [-0.15, -0.1) is 0 Å². The third kappa shape index (κ3) is 59.1. The second kappa shape index (κ2) is 61.9. The molecule has 72 heavy (non-hydrogen) atoms. The smallest absolute Gasteiger partial charge is 0.306 e. The summed E-state index contributed by atoms with van der Waals surface area (Å²) < 4.78 is 17.5. The molecule has 0 amide bonds. The average molecular weight is 1000 g/mol. The van der Waals surface area contributed by atoms with Crippen molar-refractivity contribution >= 4 is 11.9 Å². The lowest BCUT2D eigenvalue weighted by Gasteiger charge is -2.18. The molecular formula is C67H114O5. The molecule has 0 rings (SSSR count). The first-order valence-corrected chi connectivity index (χ1v) is 30.4. The second-order valence-corrected chi connectivity index (χ2v) is 19.8. The minimum Gasteiger partial charge on any atom is -0.462 e. The zero-order valence-electron chi connectivity index (χ0n) is 47.4. The maximum Gasteiger partial charge on any atom is 0.306 e. The summed E-state index contributed by atoms with van der Waals surface area (Å²) in [6, 6.07) is 0. The van der Waals surface area contributed by atoms with E-state index in [1.54, 1.807) is 0 Å². The molecule has 1 unspecified atom stereocenters. The van der Waals surface area contributed by atoms with Crippen LogP contribution in [0.15, 0.2) is 109 Å². The quantitative estimate of drug-likeness (QED) is 0.0345. The first-order chi connectivity index (χ1) is 35.6. The Morgan fingerprint density at radius 1 is 0.319 bits per heavy atom. The lowest BCUT2D eigenvalue weighted by Crippen LogP contribution is -2.30. The monoisotopic (exact) mass is 999 g/mol. The van der Waals surface area contributed by atoms with Gasteiger partial charge >= 0.3 is 11.9 Å². The summed E-state index contributed by atoms with van der Waals surface area (Å²) >= 11 is 0. The molecule has 0 aromatic carbocycles. The number of rotatable bonds is 55. The summed E-state index contributed by atoms with van der Waals surface area (Å²) in [6.07, 6.45) is 85.4. The number of carbonyl (C=O) groups is 2. The molecule has 0 saturated carbocycles.